The second-order valence-electron chi connectivity index (χ2n) is 8.26. The van der Waals surface area contributed by atoms with Crippen LogP contribution in [-0.2, 0) is 17.8 Å². The number of benzene rings is 2. The van der Waals surface area contributed by atoms with E-state index in [9.17, 15) is 18.8 Å². The van der Waals surface area contributed by atoms with Crippen LogP contribution in [0.4, 0.5) is 4.39 Å². The standard InChI is InChI=1S/C25H22FN3O3/c26-14-18(16-29-24(31)20-4-1-2-5-21(20)25(29)32)15-28-11-8-19-12-17(6-7-22(19)28)13-23(30)27-9-3-10-27/h1-2,4-8,11-12,14H,3,9-10,13,15-16H2/b18-14-. The molecule has 162 valence electrons. The lowest BCUT2D eigenvalue weighted by atomic mass is 10.1. The summed E-state index contributed by atoms with van der Waals surface area (Å²) in [5.41, 5.74) is 2.85. The summed E-state index contributed by atoms with van der Waals surface area (Å²) in [7, 11) is 0. The molecule has 0 saturated carbocycles. The maximum atomic E-state index is 13.7. The van der Waals surface area contributed by atoms with E-state index >= 15 is 0 Å². The first-order valence-corrected chi connectivity index (χ1v) is 10.6. The number of likely N-dealkylation sites (tertiary alicyclic amines) is 1. The number of hydrogen-bond donors (Lipinski definition) is 0. The summed E-state index contributed by atoms with van der Waals surface area (Å²) in [6, 6.07) is 14.4. The van der Waals surface area contributed by atoms with E-state index in [4.69, 9.17) is 0 Å². The van der Waals surface area contributed by atoms with Crippen molar-refractivity contribution in [2.24, 2.45) is 0 Å². The lowest BCUT2D eigenvalue weighted by molar-refractivity contribution is -0.133. The van der Waals surface area contributed by atoms with Crippen LogP contribution in [0, 0.1) is 0 Å². The molecule has 5 rings (SSSR count). The van der Waals surface area contributed by atoms with Gasteiger partial charge in [-0.05, 0) is 53.3 Å². The summed E-state index contributed by atoms with van der Waals surface area (Å²) in [5, 5.41) is 0.956. The molecule has 7 heteroatoms. The predicted molar refractivity (Wildman–Crippen MR) is 118 cm³/mol. The first-order valence-electron chi connectivity index (χ1n) is 10.6. The summed E-state index contributed by atoms with van der Waals surface area (Å²) in [6.07, 6.45) is 3.75. The molecule has 0 radical (unpaired) electrons. The van der Waals surface area contributed by atoms with Gasteiger partial charge in [0.25, 0.3) is 11.8 Å². The van der Waals surface area contributed by atoms with Gasteiger partial charge in [-0.15, -0.1) is 0 Å². The Balaban J connectivity index is 1.31. The fourth-order valence-electron chi connectivity index (χ4n) is 4.27. The van der Waals surface area contributed by atoms with Crippen LogP contribution < -0.4 is 0 Å². The molecule has 3 amide bonds. The number of carbonyl (C=O) groups excluding carboxylic acids is 3. The molecule has 0 unspecified atom stereocenters. The normalized spacial score (nSPS) is 16.0. The van der Waals surface area contributed by atoms with Gasteiger partial charge in [0.1, 0.15) is 0 Å². The van der Waals surface area contributed by atoms with Crippen molar-refractivity contribution in [3.8, 4) is 0 Å². The topological polar surface area (TPSA) is 62.6 Å². The molecule has 0 spiro atoms. The maximum Gasteiger partial charge on any atom is 0.261 e. The highest BCUT2D eigenvalue weighted by Gasteiger charge is 2.35. The molecule has 2 aromatic carbocycles. The van der Waals surface area contributed by atoms with Crippen LogP contribution in [-0.4, -0.2) is 51.7 Å². The summed E-state index contributed by atoms with van der Waals surface area (Å²) in [6.45, 7) is 1.77. The second kappa shape index (κ2) is 8.07. The van der Waals surface area contributed by atoms with Gasteiger partial charge in [0.15, 0.2) is 0 Å². The van der Waals surface area contributed by atoms with Crippen molar-refractivity contribution in [3.63, 3.8) is 0 Å². The highest BCUT2D eigenvalue weighted by Crippen LogP contribution is 2.25. The zero-order valence-electron chi connectivity index (χ0n) is 17.5. The van der Waals surface area contributed by atoms with Crippen molar-refractivity contribution in [3.05, 3.63) is 83.3 Å². The third-order valence-corrected chi connectivity index (χ3v) is 6.17. The third-order valence-electron chi connectivity index (χ3n) is 6.17. The zero-order chi connectivity index (χ0) is 22.2. The molecule has 0 aliphatic carbocycles. The molecule has 0 bridgehead atoms. The molecule has 3 heterocycles. The molecule has 0 atom stereocenters. The molecule has 2 aliphatic rings. The van der Waals surface area contributed by atoms with Crippen LogP contribution in [0.25, 0.3) is 10.9 Å². The monoisotopic (exact) mass is 431 g/mol. The van der Waals surface area contributed by atoms with E-state index in [-0.39, 0.29) is 19.0 Å². The minimum Gasteiger partial charge on any atom is -0.343 e. The number of amides is 3. The number of halogens is 1. The van der Waals surface area contributed by atoms with Crippen LogP contribution >= 0.6 is 0 Å². The molecule has 1 fully saturated rings. The number of fused-ring (bicyclic) bond motifs is 2. The average Bonchev–Trinajstić information content (AvgIpc) is 3.26. The van der Waals surface area contributed by atoms with Gasteiger partial charge in [0, 0.05) is 31.3 Å². The molecule has 1 aromatic heterocycles. The Bertz CT molecular complexity index is 1240. The van der Waals surface area contributed by atoms with E-state index < -0.39 is 11.8 Å². The van der Waals surface area contributed by atoms with Crippen LogP contribution in [0.5, 0.6) is 0 Å². The Labute approximate surface area is 184 Å². The van der Waals surface area contributed by atoms with Gasteiger partial charge in [-0.25, -0.2) is 4.39 Å². The SMILES string of the molecule is O=C(Cc1ccc2c(ccn2C/C(=C/F)CN2C(=O)c3ccccc3C2=O)c1)N1CCC1. The zero-order valence-corrected chi connectivity index (χ0v) is 17.5. The molecule has 3 aromatic rings. The maximum absolute atomic E-state index is 13.7. The molecule has 1 saturated heterocycles. The van der Waals surface area contributed by atoms with Crippen molar-refractivity contribution >= 4 is 28.6 Å². The molecule has 0 N–H and O–H groups in total. The second-order valence-corrected chi connectivity index (χ2v) is 8.26. The highest BCUT2D eigenvalue weighted by atomic mass is 19.1. The van der Waals surface area contributed by atoms with Crippen molar-refractivity contribution in [2.75, 3.05) is 19.6 Å². The number of imide groups is 1. The van der Waals surface area contributed by atoms with Crippen molar-refractivity contribution in [1.29, 1.82) is 0 Å². The molecule has 32 heavy (non-hydrogen) atoms. The molecule has 6 nitrogen and oxygen atoms in total. The fourth-order valence-corrected chi connectivity index (χ4v) is 4.27. The van der Waals surface area contributed by atoms with E-state index in [2.05, 4.69) is 0 Å². The third kappa shape index (κ3) is 3.49. The van der Waals surface area contributed by atoms with Crippen LogP contribution in [0.2, 0.25) is 0 Å². The summed E-state index contributed by atoms with van der Waals surface area (Å²) in [5.74, 6) is -0.670. The first-order chi connectivity index (χ1) is 15.5. The van der Waals surface area contributed by atoms with E-state index in [1.54, 1.807) is 24.3 Å². The van der Waals surface area contributed by atoms with Gasteiger partial charge in [-0.2, -0.15) is 0 Å². The number of nitrogens with zero attached hydrogens (tertiary/aromatic N) is 3. The Hall–Kier alpha value is -3.74. The molecular weight excluding hydrogens is 409 g/mol. The van der Waals surface area contributed by atoms with E-state index in [1.165, 1.54) is 0 Å². The molecular formula is C25H22FN3O3. The first kappa shape index (κ1) is 20.2. The Kier molecular flexibility index (Phi) is 5.09. The van der Waals surface area contributed by atoms with E-state index in [1.807, 2.05) is 39.9 Å². The summed E-state index contributed by atoms with van der Waals surface area (Å²) >= 11 is 0. The van der Waals surface area contributed by atoms with Gasteiger partial charge < -0.3 is 9.47 Å². The van der Waals surface area contributed by atoms with Gasteiger partial charge in [-0.3, -0.25) is 19.3 Å². The number of rotatable bonds is 6. The van der Waals surface area contributed by atoms with E-state index in [0.717, 1.165) is 40.9 Å². The number of aromatic nitrogens is 1. The molecule has 2 aliphatic heterocycles. The van der Waals surface area contributed by atoms with Crippen LogP contribution in [0.3, 0.4) is 0 Å². The van der Waals surface area contributed by atoms with Gasteiger partial charge in [-0.1, -0.05) is 18.2 Å². The Morgan fingerprint density at radius 3 is 2.31 bits per heavy atom. The smallest absolute Gasteiger partial charge is 0.261 e. The van der Waals surface area contributed by atoms with E-state index in [0.29, 0.717) is 29.5 Å². The van der Waals surface area contributed by atoms with Crippen molar-refractivity contribution in [1.82, 2.24) is 14.4 Å². The fraction of sp³-hybridized carbons (Fsp3) is 0.240. The highest BCUT2D eigenvalue weighted by molar-refractivity contribution is 6.21. The minimum atomic E-state index is -0.404. The van der Waals surface area contributed by atoms with Crippen LogP contribution in [0.15, 0.2) is 66.6 Å². The summed E-state index contributed by atoms with van der Waals surface area (Å²) < 4.78 is 15.6. The Morgan fingerprint density at radius 1 is 0.969 bits per heavy atom. The number of carbonyl (C=O) groups is 3. The summed E-state index contributed by atoms with van der Waals surface area (Å²) in [4.78, 5) is 40.4. The minimum absolute atomic E-state index is 0.106. The van der Waals surface area contributed by atoms with Gasteiger partial charge in [0.05, 0.1) is 30.4 Å². The van der Waals surface area contributed by atoms with Gasteiger partial charge >= 0.3 is 0 Å². The number of hydrogen-bond acceptors (Lipinski definition) is 3. The van der Waals surface area contributed by atoms with Crippen molar-refractivity contribution in [2.45, 2.75) is 19.4 Å². The quantitative estimate of drug-likeness (QED) is 0.561. The van der Waals surface area contributed by atoms with Crippen LogP contribution in [0.1, 0.15) is 32.7 Å². The average molecular weight is 431 g/mol. The lowest BCUT2D eigenvalue weighted by Crippen LogP contribution is -2.42. The Morgan fingerprint density at radius 2 is 1.69 bits per heavy atom. The van der Waals surface area contributed by atoms with Crippen molar-refractivity contribution < 1.29 is 18.8 Å². The largest absolute Gasteiger partial charge is 0.343 e. The predicted octanol–water partition coefficient (Wildman–Crippen LogP) is 3.57. The lowest BCUT2D eigenvalue weighted by Gasteiger charge is -2.30. The van der Waals surface area contributed by atoms with Gasteiger partial charge in [0.2, 0.25) is 5.91 Å².